The molecule has 0 spiro atoms. The average molecular weight is 775 g/mol. The lowest BCUT2D eigenvalue weighted by atomic mass is 10.0. The molecule has 2 saturated carbocycles. The van der Waals surface area contributed by atoms with Gasteiger partial charge in [0.25, 0.3) is 5.91 Å². The Bertz CT molecular complexity index is 2350. The largest absolute Gasteiger partial charge is 0.502 e. The number of amides is 3. The predicted molar refractivity (Wildman–Crippen MR) is 199 cm³/mol. The highest BCUT2D eigenvalue weighted by Crippen LogP contribution is 2.48. The van der Waals surface area contributed by atoms with Crippen LogP contribution in [0.4, 0.5) is 10.1 Å². The number of carbonyl (C=O) groups excluding carboxylic acids is 5. The van der Waals surface area contributed by atoms with Gasteiger partial charge in [-0.3, -0.25) is 23.5 Å². The fraction of sp³-hybridized carbons (Fsp3) is 0.308. The monoisotopic (exact) mass is 774 g/mol. The van der Waals surface area contributed by atoms with E-state index in [-0.39, 0.29) is 47.2 Å². The van der Waals surface area contributed by atoms with Gasteiger partial charge >= 0.3 is 5.97 Å². The molecule has 55 heavy (non-hydrogen) atoms. The van der Waals surface area contributed by atoms with Gasteiger partial charge in [-0.15, -0.1) is 0 Å². The Morgan fingerprint density at radius 3 is 2.38 bits per heavy atom. The normalized spacial score (nSPS) is 14.9. The predicted octanol–water partition coefficient (Wildman–Crippen LogP) is 4.39. The van der Waals surface area contributed by atoms with Crippen LogP contribution in [-0.2, 0) is 35.7 Å². The number of halogens is 1. The number of ketones is 1. The summed E-state index contributed by atoms with van der Waals surface area (Å²) >= 11 is 0. The Balaban J connectivity index is 1.20. The topological polar surface area (TPSA) is 201 Å². The van der Waals surface area contributed by atoms with Crippen molar-refractivity contribution >= 4 is 56.2 Å². The lowest BCUT2D eigenvalue weighted by molar-refractivity contribution is -0.141. The van der Waals surface area contributed by atoms with Crippen molar-refractivity contribution in [1.82, 2.24) is 16.0 Å². The number of furan rings is 1. The van der Waals surface area contributed by atoms with Crippen molar-refractivity contribution in [2.45, 2.75) is 50.6 Å². The number of sulfonamides is 1. The van der Waals surface area contributed by atoms with Crippen LogP contribution in [0.2, 0.25) is 0 Å². The summed E-state index contributed by atoms with van der Waals surface area (Å²) in [5, 5.41) is 18.3. The van der Waals surface area contributed by atoms with Crippen molar-refractivity contribution in [2.24, 2.45) is 0 Å². The van der Waals surface area contributed by atoms with Gasteiger partial charge < -0.3 is 30.2 Å². The number of ether oxygens (including phenoxy) is 1. The van der Waals surface area contributed by atoms with E-state index >= 15 is 0 Å². The number of hydrogen-bond acceptors (Lipinski definition) is 10. The van der Waals surface area contributed by atoms with E-state index in [1.807, 2.05) is 0 Å². The van der Waals surface area contributed by atoms with E-state index < -0.39 is 63.2 Å². The maximum absolute atomic E-state index is 13.7. The first-order chi connectivity index (χ1) is 26.1. The number of nitrogens with zero attached hydrogens (tertiary/aromatic N) is 1. The zero-order valence-corrected chi connectivity index (χ0v) is 31.0. The van der Waals surface area contributed by atoms with E-state index in [1.54, 1.807) is 25.1 Å². The first kappa shape index (κ1) is 38.7. The maximum atomic E-state index is 13.7. The van der Waals surface area contributed by atoms with Gasteiger partial charge in [0, 0.05) is 42.2 Å². The van der Waals surface area contributed by atoms with Crippen molar-refractivity contribution < 1.29 is 51.0 Å². The molecule has 0 atom stereocenters. The zero-order valence-electron chi connectivity index (χ0n) is 30.2. The average Bonchev–Trinajstić information content (AvgIpc) is 4.10. The smallest absolute Gasteiger partial charge is 0.373 e. The van der Waals surface area contributed by atoms with Crippen LogP contribution in [0.15, 0.2) is 76.9 Å². The molecule has 0 saturated heterocycles. The summed E-state index contributed by atoms with van der Waals surface area (Å²) in [6.45, 7) is 0.904. The Hall–Kier alpha value is -6.03. The molecule has 0 bridgehead atoms. The summed E-state index contributed by atoms with van der Waals surface area (Å²) in [6.07, 6.45) is 3.84. The number of anilines is 1. The summed E-state index contributed by atoms with van der Waals surface area (Å²) in [6, 6.07) is 14.8. The molecule has 14 nitrogen and oxygen atoms in total. The highest BCUT2D eigenvalue weighted by molar-refractivity contribution is 7.92. The lowest BCUT2D eigenvalue weighted by Crippen LogP contribution is -2.52. The second-order valence-electron chi connectivity index (χ2n) is 13.5. The molecule has 4 N–H and O–H groups in total. The van der Waals surface area contributed by atoms with E-state index in [4.69, 9.17) is 4.42 Å². The summed E-state index contributed by atoms with van der Waals surface area (Å²) in [7, 11) is -2.62. The van der Waals surface area contributed by atoms with Crippen LogP contribution in [0.5, 0.6) is 0 Å². The fourth-order valence-corrected chi connectivity index (χ4v) is 7.12. The van der Waals surface area contributed by atoms with Crippen LogP contribution in [-0.4, -0.2) is 75.0 Å². The Morgan fingerprint density at radius 1 is 1.05 bits per heavy atom. The number of aliphatic hydroxyl groups is 1. The quantitative estimate of drug-likeness (QED) is 0.0581. The third kappa shape index (κ3) is 8.54. The van der Waals surface area contributed by atoms with Crippen LogP contribution in [0.1, 0.15) is 70.4 Å². The highest BCUT2D eigenvalue weighted by Gasteiger charge is 2.51. The zero-order chi connectivity index (χ0) is 39.7. The molecule has 6 rings (SSSR count). The molecule has 2 fully saturated rings. The maximum Gasteiger partial charge on any atom is 0.373 e. The molecule has 1 aromatic heterocycles. The summed E-state index contributed by atoms with van der Waals surface area (Å²) in [5.74, 6) is -4.57. The second-order valence-corrected chi connectivity index (χ2v) is 15.4. The SMILES string of the molecule is CCOC(=O)C(O)=CC(=O)c1cccc(CNC(=O)C2(NC(=O)CN(c3cc4oc(-c5ccc(F)cc5)c(C(=O)NC)c4cc3C3CC3)S(C)(=O)=O)CC2)c1. The van der Waals surface area contributed by atoms with Gasteiger partial charge in [0.1, 0.15) is 29.2 Å². The number of rotatable bonds is 15. The first-order valence-corrected chi connectivity index (χ1v) is 19.4. The molecule has 2 aliphatic carbocycles. The first-order valence-electron chi connectivity index (χ1n) is 17.5. The van der Waals surface area contributed by atoms with Crippen molar-refractivity contribution in [3.63, 3.8) is 0 Å². The molecular weight excluding hydrogens is 736 g/mol. The number of nitrogens with one attached hydrogen (secondary N) is 3. The fourth-order valence-electron chi connectivity index (χ4n) is 6.25. The molecule has 288 valence electrons. The lowest BCUT2D eigenvalue weighted by Gasteiger charge is -2.26. The van der Waals surface area contributed by atoms with Gasteiger partial charge in [-0.2, -0.15) is 0 Å². The Morgan fingerprint density at radius 2 is 1.76 bits per heavy atom. The molecule has 0 unspecified atom stereocenters. The van der Waals surface area contributed by atoms with Crippen LogP contribution < -0.4 is 20.3 Å². The number of fused-ring (bicyclic) bond motifs is 1. The standard InChI is InChI=1S/C39H39FN4O10S/c1-4-53-37(49)31(46)19-30(45)25-7-5-6-22(16-25)20-42-38(50)39(14-15-39)43-33(47)21-44(55(3,51)52)29-18-32-28(17-27(29)23-8-9-23)34(36(48)41-2)35(54-32)24-10-12-26(40)13-11-24/h5-7,10-13,16-19,23,46H,4,8-9,14-15,20-21H2,1-3H3,(H,41,48)(H,42,50)(H,43,47). The van der Waals surface area contributed by atoms with Gasteiger partial charge in [-0.05, 0) is 86.1 Å². The number of esters is 1. The van der Waals surface area contributed by atoms with E-state index in [1.165, 1.54) is 49.5 Å². The summed E-state index contributed by atoms with van der Waals surface area (Å²) in [5.41, 5.74) is 1.01. The van der Waals surface area contributed by atoms with Crippen molar-refractivity contribution in [2.75, 3.05) is 30.8 Å². The van der Waals surface area contributed by atoms with Crippen LogP contribution in [0.3, 0.4) is 0 Å². The van der Waals surface area contributed by atoms with Gasteiger partial charge in [-0.1, -0.05) is 18.2 Å². The molecule has 16 heteroatoms. The van der Waals surface area contributed by atoms with Crippen molar-refractivity contribution in [3.8, 4) is 11.3 Å². The molecule has 4 aromatic rings. The van der Waals surface area contributed by atoms with Crippen molar-refractivity contribution in [3.05, 3.63) is 101 Å². The number of allylic oxidation sites excluding steroid dienone is 1. The van der Waals surface area contributed by atoms with Crippen LogP contribution >= 0.6 is 0 Å². The number of benzene rings is 3. The molecular formula is C39H39FN4O10S. The van der Waals surface area contributed by atoms with E-state index in [2.05, 4.69) is 20.7 Å². The molecule has 3 amide bonds. The second kappa shape index (κ2) is 15.4. The van der Waals surface area contributed by atoms with Gasteiger partial charge in [0.05, 0.1) is 24.1 Å². The molecule has 3 aromatic carbocycles. The van der Waals surface area contributed by atoms with E-state index in [0.717, 1.165) is 29.5 Å². The number of hydrogen-bond donors (Lipinski definition) is 4. The summed E-state index contributed by atoms with van der Waals surface area (Å²) < 4.78 is 52.2. The molecule has 0 aliphatic heterocycles. The van der Waals surface area contributed by atoms with Crippen molar-refractivity contribution in [1.29, 1.82) is 0 Å². The minimum Gasteiger partial charge on any atom is -0.502 e. The van der Waals surface area contributed by atoms with Gasteiger partial charge in [0.2, 0.25) is 27.6 Å². The van der Waals surface area contributed by atoms with Gasteiger partial charge in [-0.25, -0.2) is 17.6 Å². The van der Waals surface area contributed by atoms with E-state index in [0.29, 0.717) is 34.9 Å². The number of carbonyl (C=O) groups is 5. The summed E-state index contributed by atoms with van der Waals surface area (Å²) in [4.78, 5) is 64.3. The third-order valence-corrected chi connectivity index (χ3v) is 10.5. The molecule has 0 radical (unpaired) electrons. The number of aliphatic hydroxyl groups excluding tert-OH is 1. The van der Waals surface area contributed by atoms with Crippen LogP contribution in [0, 0.1) is 5.82 Å². The highest BCUT2D eigenvalue weighted by atomic mass is 32.2. The van der Waals surface area contributed by atoms with Gasteiger partial charge in [0.15, 0.2) is 5.78 Å². The molecule has 2 aliphatic rings. The Labute approximate surface area is 315 Å². The minimum absolute atomic E-state index is 0.0192. The minimum atomic E-state index is -4.08. The van der Waals surface area contributed by atoms with E-state index in [9.17, 15) is 41.9 Å². The van der Waals surface area contributed by atoms with Crippen LogP contribution in [0.25, 0.3) is 22.3 Å². The third-order valence-electron chi connectivity index (χ3n) is 9.35. The molecule has 1 heterocycles. The Kier molecular flexibility index (Phi) is 10.8.